The molecule has 3 rings (SSSR count). The zero-order chi connectivity index (χ0) is 14.3. The molecule has 0 fully saturated rings. The monoisotopic (exact) mass is 280 g/mol. The van der Waals surface area contributed by atoms with Crippen LogP contribution < -0.4 is 4.74 Å². The Labute approximate surface area is 113 Å². The van der Waals surface area contributed by atoms with Crippen molar-refractivity contribution < 1.29 is 23.0 Å². The molecule has 0 bridgehead atoms. The van der Waals surface area contributed by atoms with Crippen molar-refractivity contribution in [3.05, 3.63) is 65.0 Å². The maximum absolute atomic E-state index is 13.7. The summed E-state index contributed by atoms with van der Waals surface area (Å²) in [5.74, 6) is -1.72. The van der Waals surface area contributed by atoms with Crippen LogP contribution in [0, 0.1) is 17.5 Å². The van der Waals surface area contributed by atoms with Gasteiger partial charge in [0.2, 0.25) is 0 Å². The highest BCUT2D eigenvalue weighted by molar-refractivity contribution is 5.39. The van der Waals surface area contributed by atoms with Gasteiger partial charge in [0.25, 0.3) is 0 Å². The van der Waals surface area contributed by atoms with Crippen LogP contribution in [0.4, 0.5) is 13.2 Å². The van der Waals surface area contributed by atoms with Crippen molar-refractivity contribution >= 4 is 0 Å². The lowest BCUT2D eigenvalue weighted by molar-refractivity contribution is 0.0617. The maximum Gasteiger partial charge on any atom is 0.133 e. The molecular weight excluding hydrogens is 269 g/mol. The molecule has 2 atom stereocenters. The van der Waals surface area contributed by atoms with Gasteiger partial charge in [-0.25, -0.2) is 13.2 Å². The molecule has 2 aromatic rings. The van der Waals surface area contributed by atoms with Gasteiger partial charge in [0.1, 0.15) is 29.3 Å². The summed E-state index contributed by atoms with van der Waals surface area (Å²) in [6.45, 7) is 0. The smallest absolute Gasteiger partial charge is 0.133 e. The van der Waals surface area contributed by atoms with Crippen LogP contribution >= 0.6 is 0 Å². The van der Waals surface area contributed by atoms with Gasteiger partial charge in [0.05, 0.1) is 11.7 Å². The molecule has 0 radical (unpaired) electrons. The van der Waals surface area contributed by atoms with E-state index in [1.165, 1.54) is 18.2 Å². The third-order valence-corrected chi connectivity index (χ3v) is 3.36. The molecule has 1 aliphatic heterocycles. The van der Waals surface area contributed by atoms with Crippen LogP contribution in [0.1, 0.15) is 29.8 Å². The van der Waals surface area contributed by atoms with E-state index in [2.05, 4.69) is 0 Å². The molecule has 0 spiro atoms. The second kappa shape index (κ2) is 4.83. The van der Waals surface area contributed by atoms with E-state index in [-0.39, 0.29) is 23.3 Å². The van der Waals surface area contributed by atoms with Gasteiger partial charge in [-0.3, -0.25) is 0 Å². The number of hydrogen-bond donors (Lipinski definition) is 1. The Morgan fingerprint density at radius 2 is 1.75 bits per heavy atom. The second-order valence-corrected chi connectivity index (χ2v) is 4.68. The summed E-state index contributed by atoms with van der Waals surface area (Å²) in [6, 6.07) is 7.21. The summed E-state index contributed by atoms with van der Waals surface area (Å²) in [6.07, 6.45) is -2.00. The van der Waals surface area contributed by atoms with Gasteiger partial charge in [0.15, 0.2) is 0 Å². The Bertz CT molecular complexity index is 637. The molecule has 0 aliphatic carbocycles. The predicted octanol–water partition coefficient (Wildman–Crippen LogP) is 3.66. The highest BCUT2D eigenvalue weighted by Crippen LogP contribution is 2.42. The molecule has 20 heavy (non-hydrogen) atoms. The number of fused-ring (bicyclic) bond motifs is 1. The minimum absolute atomic E-state index is 0.0334. The zero-order valence-electron chi connectivity index (χ0n) is 10.3. The van der Waals surface area contributed by atoms with Crippen LogP contribution in [0.25, 0.3) is 0 Å². The molecule has 0 amide bonds. The lowest BCUT2D eigenvalue weighted by Gasteiger charge is -2.30. The topological polar surface area (TPSA) is 29.5 Å². The van der Waals surface area contributed by atoms with Crippen molar-refractivity contribution in [1.82, 2.24) is 0 Å². The fraction of sp³-hybridized carbons (Fsp3) is 0.200. The molecule has 2 aromatic carbocycles. The summed E-state index contributed by atoms with van der Waals surface area (Å²) in [5, 5.41) is 10.0. The molecule has 0 saturated heterocycles. The lowest BCUT2D eigenvalue weighted by atomic mass is 9.94. The summed E-state index contributed by atoms with van der Waals surface area (Å²) >= 11 is 0. The van der Waals surface area contributed by atoms with Crippen LogP contribution in [0.5, 0.6) is 5.75 Å². The second-order valence-electron chi connectivity index (χ2n) is 4.68. The van der Waals surface area contributed by atoms with Crippen molar-refractivity contribution in [2.75, 3.05) is 0 Å². The van der Waals surface area contributed by atoms with E-state index in [1.54, 1.807) is 0 Å². The van der Waals surface area contributed by atoms with Crippen LogP contribution in [0.2, 0.25) is 0 Å². The average Bonchev–Trinajstić information content (AvgIpc) is 2.39. The van der Waals surface area contributed by atoms with E-state index < -0.39 is 29.7 Å². The number of benzene rings is 2. The quantitative estimate of drug-likeness (QED) is 0.863. The Hall–Kier alpha value is -2.01. The first-order valence-corrected chi connectivity index (χ1v) is 6.14. The molecule has 5 heteroatoms. The largest absolute Gasteiger partial charge is 0.485 e. The van der Waals surface area contributed by atoms with Gasteiger partial charge in [-0.15, -0.1) is 0 Å². The van der Waals surface area contributed by atoms with Gasteiger partial charge >= 0.3 is 0 Å². The number of aliphatic hydroxyl groups excluding tert-OH is 1. The van der Waals surface area contributed by atoms with Crippen LogP contribution in [0.15, 0.2) is 36.4 Å². The number of aliphatic hydroxyl groups is 1. The van der Waals surface area contributed by atoms with Crippen molar-refractivity contribution in [2.45, 2.75) is 18.6 Å². The number of ether oxygens (including phenoxy) is 1. The fourth-order valence-electron chi connectivity index (χ4n) is 2.41. The van der Waals surface area contributed by atoms with Gasteiger partial charge < -0.3 is 9.84 Å². The Morgan fingerprint density at radius 1 is 1.05 bits per heavy atom. The highest BCUT2D eigenvalue weighted by atomic mass is 19.1. The summed E-state index contributed by atoms with van der Waals surface area (Å²) in [7, 11) is 0. The van der Waals surface area contributed by atoms with Crippen molar-refractivity contribution in [1.29, 1.82) is 0 Å². The van der Waals surface area contributed by atoms with E-state index >= 15 is 0 Å². The number of rotatable bonds is 1. The predicted molar refractivity (Wildman–Crippen MR) is 65.7 cm³/mol. The molecule has 0 aromatic heterocycles. The van der Waals surface area contributed by atoms with Crippen molar-refractivity contribution in [2.24, 2.45) is 0 Å². The molecule has 1 unspecified atom stereocenters. The van der Waals surface area contributed by atoms with Gasteiger partial charge in [-0.1, -0.05) is 6.07 Å². The third kappa shape index (κ3) is 2.14. The first-order valence-electron chi connectivity index (χ1n) is 6.14. The standard InChI is InChI=1S/C15H11F3O2/c16-8-4-5-13-9(6-8)12(19)7-14(20-13)15-10(17)2-1-3-11(15)18/h1-6,12,14,19H,7H2/t12-,14?/m1/s1. The van der Waals surface area contributed by atoms with Crippen molar-refractivity contribution in [3.8, 4) is 5.75 Å². The van der Waals surface area contributed by atoms with Gasteiger partial charge in [-0.2, -0.15) is 0 Å². The minimum Gasteiger partial charge on any atom is -0.485 e. The molecule has 104 valence electrons. The Kier molecular flexibility index (Phi) is 3.14. The maximum atomic E-state index is 13.7. The van der Waals surface area contributed by atoms with Crippen LogP contribution in [-0.2, 0) is 0 Å². The minimum atomic E-state index is -1.03. The first kappa shape index (κ1) is 13.0. The van der Waals surface area contributed by atoms with Gasteiger partial charge in [0, 0.05) is 12.0 Å². The molecule has 1 aliphatic rings. The van der Waals surface area contributed by atoms with Crippen molar-refractivity contribution in [3.63, 3.8) is 0 Å². The van der Waals surface area contributed by atoms with Gasteiger partial charge in [-0.05, 0) is 30.3 Å². The zero-order valence-corrected chi connectivity index (χ0v) is 10.3. The Balaban J connectivity index is 2.01. The fourth-order valence-corrected chi connectivity index (χ4v) is 2.41. The summed E-state index contributed by atoms with van der Waals surface area (Å²) < 4.78 is 46.1. The number of halogens is 3. The molecule has 1 N–H and O–H groups in total. The Morgan fingerprint density at radius 3 is 2.45 bits per heavy atom. The van der Waals surface area contributed by atoms with E-state index in [0.717, 1.165) is 18.2 Å². The van der Waals surface area contributed by atoms with Crippen LogP contribution in [-0.4, -0.2) is 5.11 Å². The molecule has 0 saturated carbocycles. The van der Waals surface area contributed by atoms with E-state index in [1.807, 2.05) is 0 Å². The van der Waals surface area contributed by atoms with E-state index in [0.29, 0.717) is 0 Å². The van der Waals surface area contributed by atoms with E-state index in [9.17, 15) is 18.3 Å². The highest BCUT2D eigenvalue weighted by Gasteiger charge is 2.31. The lowest BCUT2D eigenvalue weighted by Crippen LogP contribution is -2.21. The van der Waals surface area contributed by atoms with Crippen LogP contribution in [0.3, 0.4) is 0 Å². The summed E-state index contributed by atoms with van der Waals surface area (Å²) in [5.41, 5.74) is 0.0690. The first-order chi connectivity index (χ1) is 9.56. The molecule has 1 heterocycles. The number of hydrogen-bond acceptors (Lipinski definition) is 2. The van der Waals surface area contributed by atoms with E-state index in [4.69, 9.17) is 4.74 Å². The summed E-state index contributed by atoms with van der Waals surface area (Å²) in [4.78, 5) is 0. The molecular formula is C15H11F3O2. The third-order valence-electron chi connectivity index (χ3n) is 3.36. The SMILES string of the molecule is O[C@@H]1CC(c2c(F)cccc2F)Oc2ccc(F)cc21. The average molecular weight is 280 g/mol. The molecule has 2 nitrogen and oxygen atoms in total. The normalized spacial score (nSPS) is 21.2.